The maximum absolute atomic E-state index is 10.8. The minimum absolute atomic E-state index is 0.0203. The molecule has 0 saturated carbocycles. The van der Waals surface area contributed by atoms with Crippen LogP contribution in [0.3, 0.4) is 0 Å². The summed E-state index contributed by atoms with van der Waals surface area (Å²) in [6.07, 6.45) is 2.77. The number of amides is 1. The van der Waals surface area contributed by atoms with E-state index in [2.05, 4.69) is 26.3 Å². The van der Waals surface area contributed by atoms with Crippen molar-refractivity contribution in [1.82, 2.24) is 15.1 Å². The zero-order valence-corrected chi connectivity index (χ0v) is 10.8. The van der Waals surface area contributed by atoms with Gasteiger partial charge in [-0.25, -0.2) is 0 Å². The lowest BCUT2D eigenvalue weighted by molar-refractivity contribution is -0.118. The van der Waals surface area contributed by atoms with E-state index in [9.17, 15) is 4.79 Å². The van der Waals surface area contributed by atoms with Crippen LogP contribution < -0.4 is 5.32 Å². The summed E-state index contributed by atoms with van der Waals surface area (Å²) < 4.78 is 2.86. The molecule has 0 aliphatic heterocycles. The van der Waals surface area contributed by atoms with E-state index in [4.69, 9.17) is 11.6 Å². The van der Waals surface area contributed by atoms with E-state index in [1.54, 1.807) is 0 Å². The molecule has 0 fully saturated rings. The van der Waals surface area contributed by atoms with E-state index < -0.39 is 0 Å². The van der Waals surface area contributed by atoms with Crippen LogP contribution in [0.4, 0.5) is 0 Å². The van der Waals surface area contributed by atoms with Crippen molar-refractivity contribution < 1.29 is 4.79 Å². The first-order valence-corrected chi connectivity index (χ1v) is 5.98. The zero-order valence-electron chi connectivity index (χ0n) is 8.46. The number of hydrogen-bond acceptors (Lipinski definition) is 2. The molecule has 0 radical (unpaired) electrons. The van der Waals surface area contributed by atoms with Gasteiger partial charge in [0.1, 0.15) is 5.88 Å². The third-order valence-electron chi connectivity index (χ3n) is 1.89. The molecule has 0 saturated heterocycles. The lowest BCUT2D eigenvalue weighted by atomic mass is 10.4. The number of aryl methyl sites for hydroxylation is 2. The topological polar surface area (TPSA) is 46.9 Å². The molecule has 0 aliphatic rings. The second-order valence-electron chi connectivity index (χ2n) is 3.16. The minimum atomic E-state index is -0.130. The second-order valence-corrected chi connectivity index (χ2v) is 4.28. The van der Waals surface area contributed by atoms with Gasteiger partial charge >= 0.3 is 0 Å². The first-order valence-electron chi connectivity index (χ1n) is 4.65. The molecule has 0 spiro atoms. The molecule has 4 nitrogen and oxygen atoms in total. The van der Waals surface area contributed by atoms with Crippen LogP contribution in [0.15, 0.2) is 10.7 Å². The van der Waals surface area contributed by atoms with Gasteiger partial charge in [0, 0.05) is 19.3 Å². The number of aromatic nitrogens is 2. The Labute approximate surface area is 102 Å². The average molecular weight is 295 g/mol. The van der Waals surface area contributed by atoms with Crippen molar-refractivity contribution in [3.63, 3.8) is 0 Å². The summed E-state index contributed by atoms with van der Waals surface area (Å²) >= 11 is 8.73. The molecule has 1 rings (SSSR count). The van der Waals surface area contributed by atoms with Gasteiger partial charge in [0.2, 0.25) is 5.91 Å². The fourth-order valence-electron chi connectivity index (χ4n) is 1.12. The van der Waals surface area contributed by atoms with Crippen LogP contribution in [0.1, 0.15) is 12.1 Å². The Kier molecular flexibility index (Phi) is 5.11. The fraction of sp³-hybridized carbons (Fsp3) is 0.556. The summed E-state index contributed by atoms with van der Waals surface area (Å²) in [4.78, 5) is 10.8. The van der Waals surface area contributed by atoms with E-state index in [0.29, 0.717) is 6.54 Å². The number of carbonyl (C=O) groups excluding carboxylic acids is 1. The summed E-state index contributed by atoms with van der Waals surface area (Å²) in [7, 11) is 0. The molecule has 84 valence electrons. The third-order valence-corrected chi connectivity index (χ3v) is 2.92. The highest BCUT2D eigenvalue weighted by Gasteiger charge is 2.01. The lowest BCUT2D eigenvalue weighted by Crippen LogP contribution is -2.26. The first-order chi connectivity index (χ1) is 7.13. The van der Waals surface area contributed by atoms with Gasteiger partial charge in [0.15, 0.2) is 0 Å². The number of alkyl halides is 1. The number of carbonyl (C=O) groups is 1. The Morgan fingerprint density at radius 1 is 1.73 bits per heavy atom. The Morgan fingerprint density at radius 2 is 2.47 bits per heavy atom. The maximum atomic E-state index is 10.8. The van der Waals surface area contributed by atoms with E-state index in [1.165, 1.54) is 0 Å². The van der Waals surface area contributed by atoms with Gasteiger partial charge in [-0.2, -0.15) is 5.10 Å². The monoisotopic (exact) mass is 293 g/mol. The normalized spacial score (nSPS) is 10.3. The summed E-state index contributed by atoms with van der Waals surface area (Å²) in [5, 5.41) is 6.98. The SMILES string of the molecule is Cc1nn(CCCNC(=O)CCl)cc1Br. The quantitative estimate of drug-likeness (QED) is 0.664. The average Bonchev–Trinajstić information content (AvgIpc) is 2.53. The van der Waals surface area contributed by atoms with Crippen molar-refractivity contribution in [1.29, 1.82) is 0 Å². The largest absolute Gasteiger partial charge is 0.355 e. The summed E-state index contributed by atoms with van der Waals surface area (Å²) in [5.74, 6) is -0.110. The molecule has 1 aromatic heterocycles. The molecule has 1 amide bonds. The standard InChI is InChI=1S/C9H13BrClN3O/c1-7-8(10)6-14(13-7)4-2-3-12-9(15)5-11/h6H,2-5H2,1H3,(H,12,15). The molecule has 1 aromatic rings. The van der Waals surface area contributed by atoms with Crippen molar-refractivity contribution in [2.45, 2.75) is 19.9 Å². The second kappa shape index (κ2) is 6.12. The Morgan fingerprint density at radius 3 is 3.00 bits per heavy atom. The molecular weight excluding hydrogens is 281 g/mol. The number of nitrogens with zero attached hydrogens (tertiary/aromatic N) is 2. The van der Waals surface area contributed by atoms with Crippen LogP contribution in [0.25, 0.3) is 0 Å². The van der Waals surface area contributed by atoms with Gasteiger partial charge in [-0.1, -0.05) is 0 Å². The third kappa shape index (κ3) is 4.22. The van der Waals surface area contributed by atoms with Crippen molar-refractivity contribution in [3.8, 4) is 0 Å². The molecule has 6 heteroatoms. The molecule has 1 heterocycles. The van der Waals surface area contributed by atoms with Gasteiger partial charge in [-0.05, 0) is 29.3 Å². The number of hydrogen-bond donors (Lipinski definition) is 1. The van der Waals surface area contributed by atoms with Crippen LogP contribution in [0.2, 0.25) is 0 Å². The van der Waals surface area contributed by atoms with E-state index in [-0.39, 0.29) is 11.8 Å². The highest BCUT2D eigenvalue weighted by atomic mass is 79.9. The highest BCUT2D eigenvalue weighted by Crippen LogP contribution is 2.12. The molecule has 1 N–H and O–H groups in total. The zero-order chi connectivity index (χ0) is 11.3. The lowest BCUT2D eigenvalue weighted by Gasteiger charge is -2.02. The molecule has 0 aliphatic carbocycles. The first kappa shape index (κ1) is 12.5. The van der Waals surface area contributed by atoms with Gasteiger partial charge in [-0.15, -0.1) is 11.6 Å². The Balaban J connectivity index is 2.23. The van der Waals surface area contributed by atoms with Gasteiger partial charge in [-0.3, -0.25) is 9.48 Å². The van der Waals surface area contributed by atoms with Crippen LogP contribution >= 0.6 is 27.5 Å². The van der Waals surface area contributed by atoms with Crippen molar-refractivity contribution >= 4 is 33.4 Å². The fourth-order valence-corrected chi connectivity index (χ4v) is 1.53. The van der Waals surface area contributed by atoms with Crippen molar-refractivity contribution in [2.24, 2.45) is 0 Å². The molecule has 0 aromatic carbocycles. The summed E-state index contributed by atoms with van der Waals surface area (Å²) in [6.45, 7) is 3.35. The van der Waals surface area contributed by atoms with Gasteiger partial charge in [0.25, 0.3) is 0 Å². The van der Waals surface area contributed by atoms with Crippen LogP contribution in [-0.4, -0.2) is 28.1 Å². The summed E-state index contributed by atoms with van der Waals surface area (Å²) in [5.41, 5.74) is 0.972. The van der Waals surface area contributed by atoms with Crippen LogP contribution in [0.5, 0.6) is 0 Å². The molecule has 0 unspecified atom stereocenters. The van der Waals surface area contributed by atoms with Crippen molar-refractivity contribution in [3.05, 3.63) is 16.4 Å². The maximum Gasteiger partial charge on any atom is 0.234 e. The minimum Gasteiger partial charge on any atom is -0.355 e. The van der Waals surface area contributed by atoms with Crippen LogP contribution in [0, 0.1) is 6.92 Å². The highest BCUT2D eigenvalue weighted by molar-refractivity contribution is 9.10. The predicted octanol–water partition coefficient (Wildman–Crippen LogP) is 1.70. The van der Waals surface area contributed by atoms with E-state index >= 15 is 0 Å². The predicted molar refractivity (Wildman–Crippen MR) is 63.0 cm³/mol. The molecular formula is C9H13BrClN3O. The number of nitrogens with one attached hydrogen (secondary N) is 1. The number of halogens is 2. The Bertz CT molecular complexity index is 321. The van der Waals surface area contributed by atoms with Gasteiger partial charge < -0.3 is 5.32 Å². The van der Waals surface area contributed by atoms with E-state index in [0.717, 1.165) is 23.1 Å². The van der Waals surface area contributed by atoms with Crippen molar-refractivity contribution in [2.75, 3.05) is 12.4 Å². The smallest absolute Gasteiger partial charge is 0.234 e. The van der Waals surface area contributed by atoms with Crippen LogP contribution in [-0.2, 0) is 11.3 Å². The summed E-state index contributed by atoms with van der Waals surface area (Å²) in [6, 6.07) is 0. The van der Waals surface area contributed by atoms with Gasteiger partial charge in [0.05, 0.1) is 10.2 Å². The molecule has 0 atom stereocenters. The molecule has 0 bridgehead atoms. The number of rotatable bonds is 5. The van der Waals surface area contributed by atoms with E-state index in [1.807, 2.05) is 17.8 Å². The molecule has 15 heavy (non-hydrogen) atoms. The Hall–Kier alpha value is -0.550.